The van der Waals surface area contributed by atoms with Crippen molar-refractivity contribution in [3.05, 3.63) is 34.1 Å². The number of carbonyl (C=O) groups excluding carboxylic acids is 1. The van der Waals surface area contributed by atoms with E-state index >= 15 is 0 Å². The average Bonchev–Trinajstić information content (AvgIpc) is 2.75. The van der Waals surface area contributed by atoms with Gasteiger partial charge in [-0.25, -0.2) is 0 Å². The van der Waals surface area contributed by atoms with E-state index in [-0.39, 0.29) is 11.7 Å². The van der Waals surface area contributed by atoms with Crippen LogP contribution >= 0.6 is 11.3 Å². The summed E-state index contributed by atoms with van der Waals surface area (Å²) in [6.45, 7) is 1.41. The highest BCUT2D eigenvalue weighted by molar-refractivity contribution is 7.09. The molecule has 0 radical (unpaired) electrons. The second-order valence-electron chi connectivity index (χ2n) is 2.83. The van der Waals surface area contributed by atoms with Crippen LogP contribution in [0, 0.1) is 0 Å². The summed E-state index contributed by atoms with van der Waals surface area (Å²) < 4.78 is 4.77. The molecule has 4 nitrogen and oxygen atoms in total. The molecule has 0 fully saturated rings. The van der Waals surface area contributed by atoms with E-state index in [1.54, 1.807) is 11.3 Å². The maximum atomic E-state index is 10.9. The molecular formula is C9H8N2O2S. The van der Waals surface area contributed by atoms with Gasteiger partial charge >= 0.3 is 0 Å². The minimum absolute atomic E-state index is 0.0801. The van der Waals surface area contributed by atoms with Gasteiger partial charge in [-0.2, -0.15) is 4.98 Å². The van der Waals surface area contributed by atoms with Crippen LogP contribution in [0.1, 0.15) is 28.3 Å². The third-order valence-electron chi connectivity index (χ3n) is 1.68. The van der Waals surface area contributed by atoms with Gasteiger partial charge in [0.2, 0.25) is 5.78 Å². The molecule has 0 bridgehead atoms. The third-order valence-corrected chi connectivity index (χ3v) is 2.56. The van der Waals surface area contributed by atoms with E-state index in [0.29, 0.717) is 12.2 Å². The molecule has 0 aliphatic rings. The fourth-order valence-corrected chi connectivity index (χ4v) is 1.74. The maximum Gasteiger partial charge on any atom is 0.293 e. The molecule has 14 heavy (non-hydrogen) atoms. The average molecular weight is 208 g/mol. The molecule has 0 spiro atoms. The molecular weight excluding hydrogens is 200 g/mol. The summed E-state index contributed by atoms with van der Waals surface area (Å²) in [6.07, 6.45) is 0.619. The third kappa shape index (κ3) is 1.88. The summed E-state index contributed by atoms with van der Waals surface area (Å²) in [5, 5.41) is 5.70. The summed E-state index contributed by atoms with van der Waals surface area (Å²) in [7, 11) is 0. The summed E-state index contributed by atoms with van der Waals surface area (Å²) in [4.78, 5) is 16.0. The Labute approximate surface area is 84.6 Å². The Balaban J connectivity index is 2.14. The molecule has 0 aliphatic carbocycles. The maximum absolute atomic E-state index is 10.9. The number of Topliss-reactive ketones (excluding diaryl/α,β-unsaturated/α-hetero) is 1. The Bertz CT molecular complexity index is 433. The molecule has 0 N–H and O–H groups in total. The molecule has 5 heteroatoms. The first-order chi connectivity index (χ1) is 6.75. The predicted octanol–water partition coefficient (Wildman–Crippen LogP) is 1.92. The van der Waals surface area contributed by atoms with E-state index < -0.39 is 0 Å². The zero-order valence-corrected chi connectivity index (χ0v) is 8.37. The number of thiophene rings is 1. The summed E-state index contributed by atoms with van der Waals surface area (Å²) in [5.74, 6) is 0.434. The van der Waals surface area contributed by atoms with E-state index in [4.69, 9.17) is 4.52 Å². The lowest BCUT2D eigenvalue weighted by Gasteiger charge is -1.86. The van der Waals surface area contributed by atoms with Gasteiger partial charge in [0.1, 0.15) is 0 Å². The number of nitrogens with zero attached hydrogens (tertiary/aromatic N) is 2. The van der Waals surface area contributed by atoms with Gasteiger partial charge in [-0.3, -0.25) is 4.79 Å². The Morgan fingerprint density at radius 2 is 2.50 bits per heavy atom. The van der Waals surface area contributed by atoms with Crippen LogP contribution in [-0.2, 0) is 6.42 Å². The van der Waals surface area contributed by atoms with Gasteiger partial charge in [-0.15, -0.1) is 11.3 Å². The van der Waals surface area contributed by atoms with Crippen LogP contribution < -0.4 is 0 Å². The zero-order chi connectivity index (χ0) is 9.97. The number of hydrogen-bond acceptors (Lipinski definition) is 5. The first kappa shape index (κ1) is 9.08. The van der Waals surface area contributed by atoms with Gasteiger partial charge in [0, 0.05) is 18.2 Å². The molecule has 0 atom stereocenters. The monoisotopic (exact) mass is 208 g/mol. The molecule has 2 heterocycles. The van der Waals surface area contributed by atoms with Gasteiger partial charge in [0.05, 0.1) is 0 Å². The SMILES string of the molecule is CC(=O)c1nc(Cc2cccs2)no1. The molecule has 2 rings (SSSR count). The van der Waals surface area contributed by atoms with Gasteiger partial charge in [0.25, 0.3) is 5.89 Å². The van der Waals surface area contributed by atoms with E-state index in [9.17, 15) is 4.79 Å². The van der Waals surface area contributed by atoms with Crippen molar-refractivity contribution in [2.75, 3.05) is 0 Å². The lowest BCUT2D eigenvalue weighted by molar-refractivity contribution is 0.0972. The fraction of sp³-hybridized carbons (Fsp3) is 0.222. The highest BCUT2D eigenvalue weighted by Crippen LogP contribution is 2.12. The predicted molar refractivity (Wildman–Crippen MR) is 51.4 cm³/mol. The van der Waals surface area contributed by atoms with Crippen molar-refractivity contribution >= 4 is 17.1 Å². The normalized spacial score (nSPS) is 10.4. The van der Waals surface area contributed by atoms with Crippen molar-refractivity contribution in [2.24, 2.45) is 0 Å². The van der Waals surface area contributed by atoms with Crippen LogP contribution in [0.3, 0.4) is 0 Å². The number of ketones is 1. The number of rotatable bonds is 3. The van der Waals surface area contributed by atoms with Crippen molar-refractivity contribution in [2.45, 2.75) is 13.3 Å². The Hall–Kier alpha value is -1.49. The van der Waals surface area contributed by atoms with E-state index in [1.807, 2.05) is 17.5 Å². The molecule has 0 aromatic carbocycles. The van der Waals surface area contributed by atoms with Gasteiger partial charge in [0.15, 0.2) is 5.82 Å². The van der Waals surface area contributed by atoms with Crippen molar-refractivity contribution in [1.82, 2.24) is 10.1 Å². The minimum Gasteiger partial charge on any atom is -0.331 e. The van der Waals surface area contributed by atoms with Crippen molar-refractivity contribution < 1.29 is 9.32 Å². The van der Waals surface area contributed by atoms with Crippen molar-refractivity contribution in [3.63, 3.8) is 0 Å². The van der Waals surface area contributed by atoms with E-state index in [1.165, 1.54) is 6.92 Å². The van der Waals surface area contributed by atoms with Crippen LogP contribution in [0.5, 0.6) is 0 Å². The van der Waals surface area contributed by atoms with Crippen LogP contribution in [-0.4, -0.2) is 15.9 Å². The Morgan fingerprint density at radius 1 is 1.64 bits per heavy atom. The Kier molecular flexibility index (Phi) is 2.41. The number of aromatic nitrogens is 2. The van der Waals surface area contributed by atoms with Gasteiger partial charge < -0.3 is 4.52 Å². The first-order valence-corrected chi connectivity index (χ1v) is 4.99. The van der Waals surface area contributed by atoms with Crippen LogP contribution in [0.2, 0.25) is 0 Å². The fourth-order valence-electron chi connectivity index (χ4n) is 1.04. The smallest absolute Gasteiger partial charge is 0.293 e. The molecule has 2 aromatic rings. The second kappa shape index (κ2) is 3.71. The minimum atomic E-state index is -0.199. The lowest BCUT2D eigenvalue weighted by Crippen LogP contribution is -1.93. The topological polar surface area (TPSA) is 56.0 Å². The lowest BCUT2D eigenvalue weighted by atomic mass is 10.3. The number of carbonyl (C=O) groups is 1. The van der Waals surface area contributed by atoms with Crippen LogP contribution in [0.4, 0.5) is 0 Å². The van der Waals surface area contributed by atoms with Crippen molar-refractivity contribution in [3.8, 4) is 0 Å². The quantitative estimate of drug-likeness (QED) is 0.723. The molecule has 72 valence electrons. The molecule has 0 unspecified atom stereocenters. The Morgan fingerprint density at radius 3 is 3.07 bits per heavy atom. The van der Waals surface area contributed by atoms with Gasteiger partial charge in [-0.05, 0) is 11.4 Å². The van der Waals surface area contributed by atoms with Gasteiger partial charge in [-0.1, -0.05) is 11.2 Å². The van der Waals surface area contributed by atoms with Crippen LogP contribution in [0.15, 0.2) is 22.0 Å². The first-order valence-electron chi connectivity index (χ1n) is 4.11. The molecule has 0 saturated carbocycles. The molecule has 0 amide bonds. The molecule has 2 aromatic heterocycles. The molecule has 0 saturated heterocycles. The largest absolute Gasteiger partial charge is 0.331 e. The van der Waals surface area contributed by atoms with E-state index in [2.05, 4.69) is 10.1 Å². The second-order valence-corrected chi connectivity index (χ2v) is 3.86. The highest BCUT2D eigenvalue weighted by atomic mass is 32.1. The number of hydrogen-bond donors (Lipinski definition) is 0. The highest BCUT2D eigenvalue weighted by Gasteiger charge is 2.10. The summed E-state index contributed by atoms with van der Waals surface area (Å²) in [5.41, 5.74) is 0. The summed E-state index contributed by atoms with van der Waals surface area (Å²) >= 11 is 1.63. The zero-order valence-electron chi connectivity index (χ0n) is 7.56. The summed E-state index contributed by atoms with van der Waals surface area (Å²) in [6, 6.07) is 3.96. The van der Waals surface area contributed by atoms with Crippen molar-refractivity contribution in [1.29, 1.82) is 0 Å². The van der Waals surface area contributed by atoms with E-state index in [0.717, 1.165) is 4.88 Å². The van der Waals surface area contributed by atoms with Crippen LogP contribution in [0.25, 0.3) is 0 Å². The standard InChI is InChI=1S/C9H8N2O2S/c1-6(12)9-10-8(11-13-9)5-7-3-2-4-14-7/h2-4H,5H2,1H3. The molecule has 0 aliphatic heterocycles.